The van der Waals surface area contributed by atoms with Gasteiger partial charge in [-0.15, -0.1) is 0 Å². The largest absolute Gasteiger partial charge is 0.355 e. The number of rotatable bonds is 13. The quantitative estimate of drug-likeness (QED) is 0.400. The van der Waals surface area contributed by atoms with Crippen molar-refractivity contribution in [2.24, 2.45) is 5.84 Å². The number of nitrogens with two attached hydrogens (primary N) is 1. The fraction of sp³-hybridized carbons (Fsp3) is 0.947. The van der Waals surface area contributed by atoms with Crippen molar-refractivity contribution < 1.29 is 4.79 Å². The third-order valence-electron chi connectivity index (χ3n) is 4.95. The van der Waals surface area contributed by atoms with E-state index < -0.39 is 0 Å². The van der Waals surface area contributed by atoms with E-state index in [-0.39, 0.29) is 11.9 Å². The summed E-state index contributed by atoms with van der Waals surface area (Å²) in [5.41, 5.74) is 0. The second-order valence-electron chi connectivity index (χ2n) is 7.17. The first-order chi connectivity index (χ1) is 11.7. The van der Waals surface area contributed by atoms with Gasteiger partial charge in [0, 0.05) is 26.2 Å². The van der Waals surface area contributed by atoms with Gasteiger partial charge in [0.15, 0.2) is 0 Å². The molecule has 0 aliphatic carbocycles. The Kier molecular flexibility index (Phi) is 12.1. The highest BCUT2D eigenvalue weighted by atomic mass is 16.2. The van der Waals surface area contributed by atoms with Gasteiger partial charge >= 0.3 is 0 Å². The van der Waals surface area contributed by atoms with Crippen LogP contribution in [0.5, 0.6) is 0 Å². The topological polar surface area (TPSA) is 61.6 Å². The average Bonchev–Trinajstić information content (AvgIpc) is 2.58. The van der Waals surface area contributed by atoms with Gasteiger partial charge in [0.05, 0.1) is 0 Å². The number of nitrogens with zero attached hydrogens (tertiary/aromatic N) is 2. The highest BCUT2D eigenvalue weighted by Gasteiger charge is 2.30. The lowest BCUT2D eigenvalue weighted by Crippen LogP contribution is -2.60. The van der Waals surface area contributed by atoms with Crippen LogP contribution in [0.2, 0.25) is 0 Å². The van der Waals surface area contributed by atoms with E-state index in [9.17, 15) is 4.79 Å². The maximum atomic E-state index is 12.5. The molecule has 1 fully saturated rings. The number of hydrazine groups is 1. The second kappa shape index (κ2) is 13.6. The molecule has 5 heteroatoms. The number of nitrogens with one attached hydrogen (secondary N) is 1. The van der Waals surface area contributed by atoms with Gasteiger partial charge in [-0.25, -0.2) is 5.01 Å². The number of piperazine rings is 1. The summed E-state index contributed by atoms with van der Waals surface area (Å²) in [5, 5.41) is 4.91. The monoisotopic (exact) mass is 340 g/mol. The predicted octanol–water partition coefficient (Wildman–Crippen LogP) is 2.90. The van der Waals surface area contributed by atoms with Crippen molar-refractivity contribution in [3.8, 4) is 0 Å². The van der Waals surface area contributed by atoms with E-state index in [1.54, 1.807) is 5.01 Å². The van der Waals surface area contributed by atoms with Crippen LogP contribution in [0.15, 0.2) is 0 Å². The van der Waals surface area contributed by atoms with E-state index in [1.165, 1.54) is 57.8 Å². The Balaban J connectivity index is 2.29. The molecule has 1 aliphatic heterocycles. The summed E-state index contributed by atoms with van der Waals surface area (Å²) in [5.74, 6) is 6.12. The van der Waals surface area contributed by atoms with Crippen molar-refractivity contribution in [2.75, 3.05) is 32.7 Å². The zero-order valence-electron chi connectivity index (χ0n) is 16.1. The van der Waals surface area contributed by atoms with Gasteiger partial charge < -0.3 is 5.32 Å². The van der Waals surface area contributed by atoms with Crippen LogP contribution in [-0.2, 0) is 4.79 Å². The molecule has 3 N–H and O–H groups in total. The molecule has 0 aromatic carbocycles. The van der Waals surface area contributed by atoms with Gasteiger partial charge in [-0.3, -0.25) is 15.5 Å². The first kappa shape index (κ1) is 21.4. The molecule has 0 bridgehead atoms. The minimum Gasteiger partial charge on any atom is -0.355 e. The SMILES string of the molecule is CCCCCCCCN1CCN(N)CC1C(=O)NCCCCCC. The highest BCUT2D eigenvalue weighted by molar-refractivity contribution is 5.82. The number of hydrogen-bond acceptors (Lipinski definition) is 4. The van der Waals surface area contributed by atoms with Gasteiger partial charge in [0.2, 0.25) is 5.91 Å². The van der Waals surface area contributed by atoms with Crippen LogP contribution in [0.3, 0.4) is 0 Å². The number of unbranched alkanes of at least 4 members (excludes halogenated alkanes) is 8. The summed E-state index contributed by atoms with van der Waals surface area (Å²) in [6.07, 6.45) is 12.5. The molecule has 142 valence electrons. The van der Waals surface area contributed by atoms with Crippen molar-refractivity contribution in [3.05, 3.63) is 0 Å². The van der Waals surface area contributed by atoms with E-state index in [0.717, 1.165) is 32.6 Å². The summed E-state index contributed by atoms with van der Waals surface area (Å²) in [6, 6.07) is -0.0782. The van der Waals surface area contributed by atoms with E-state index in [0.29, 0.717) is 6.54 Å². The Morgan fingerprint density at radius 2 is 1.58 bits per heavy atom. The minimum atomic E-state index is -0.0782. The Labute approximate surface area is 149 Å². The summed E-state index contributed by atoms with van der Waals surface area (Å²) < 4.78 is 0. The molecule has 0 spiro atoms. The maximum Gasteiger partial charge on any atom is 0.238 e. The Hall–Kier alpha value is -0.650. The number of carbonyl (C=O) groups is 1. The second-order valence-corrected chi connectivity index (χ2v) is 7.17. The zero-order valence-corrected chi connectivity index (χ0v) is 16.1. The minimum absolute atomic E-state index is 0.0782. The summed E-state index contributed by atoms with van der Waals surface area (Å²) in [7, 11) is 0. The van der Waals surface area contributed by atoms with Crippen LogP contribution in [0.1, 0.15) is 78.1 Å². The average molecular weight is 341 g/mol. The van der Waals surface area contributed by atoms with E-state index >= 15 is 0 Å². The molecule has 1 rings (SSSR count). The molecular formula is C19H40N4O. The lowest BCUT2D eigenvalue weighted by Gasteiger charge is -2.38. The third-order valence-corrected chi connectivity index (χ3v) is 4.95. The predicted molar refractivity (Wildman–Crippen MR) is 102 cm³/mol. The van der Waals surface area contributed by atoms with Gasteiger partial charge in [-0.1, -0.05) is 65.2 Å². The van der Waals surface area contributed by atoms with E-state index in [4.69, 9.17) is 5.84 Å². The van der Waals surface area contributed by atoms with Crippen LogP contribution < -0.4 is 11.2 Å². The summed E-state index contributed by atoms with van der Waals surface area (Å²) >= 11 is 0. The third kappa shape index (κ3) is 9.00. The fourth-order valence-electron chi connectivity index (χ4n) is 3.33. The Morgan fingerprint density at radius 1 is 0.958 bits per heavy atom. The van der Waals surface area contributed by atoms with Gasteiger partial charge in [0.25, 0.3) is 0 Å². The molecule has 0 aromatic heterocycles. The van der Waals surface area contributed by atoms with E-state index in [2.05, 4.69) is 24.1 Å². The van der Waals surface area contributed by atoms with Gasteiger partial charge in [-0.2, -0.15) is 0 Å². The summed E-state index contributed by atoms with van der Waals surface area (Å²) in [4.78, 5) is 14.9. The van der Waals surface area contributed by atoms with Crippen molar-refractivity contribution >= 4 is 5.91 Å². The normalized spacial score (nSPS) is 19.5. The smallest absolute Gasteiger partial charge is 0.238 e. The van der Waals surface area contributed by atoms with Crippen molar-refractivity contribution in [1.82, 2.24) is 15.2 Å². The van der Waals surface area contributed by atoms with E-state index in [1.807, 2.05) is 0 Å². The molecule has 1 saturated heterocycles. The Bertz CT molecular complexity index is 324. The zero-order chi connectivity index (χ0) is 17.6. The maximum absolute atomic E-state index is 12.5. The van der Waals surface area contributed by atoms with Crippen LogP contribution >= 0.6 is 0 Å². The molecule has 1 aliphatic rings. The van der Waals surface area contributed by atoms with Gasteiger partial charge in [-0.05, 0) is 19.4 Å². The molecule has 1 atom stereocenters. The van der Waals surface area contributed by atoms with Crippen LogP contribution in [-0.4, -0.2) is 54.6 Å². The standard InChI is InChI=1S/C19H40N4O/c1-3-5-7-9-10-12-14-22-15-16-23(20)17-18(22)19(24)21-13-11-8-6-4-2/h18H,3-17,20H2,1-2H3,(H,21,24). The molecule has 0 aromatic rings. The lowest BCUT2D eigenvalue weighted by atomic mass is 10.1. The fourth-order valence-corrected chi connectivity index (χ4v) is 3.33. The molecule has 5 nitrogen and oxygen atoms in total. The molecule has 1 heterocycles. The molecule has 0 radical (unpaired) electrons. The molecular weight excluding hydrogens is 300 g/mol. The van der Waals surface area contributed by atoms with Crippen molar-refractivity contribution in [2.45, 2.75) is 84.1 Å². The first-order valence-electron chi connectivity index (χ1n) is 10.2. The summed E-state index contributed by atoms with van der Waals surface area (Å²) in [6.45, 7) is 8.68. The number of hydrogen-bond donors (Lipinski definition) is 2. The molecule has 24 heavy (non-hydrogen) atoms. The van der Waals surface area contributed by atoms with Crippen LogP contribution in [0.25, 0.3) is 0 Å². The number of amides is 1. The molecule has 1 unspecified atom stereocenters. The molecule has 1 amide bonds. The van der Waals surface area contributed by atoms with Crippen LogP contribution in [0.4, 0.5) is 0 Å². The van der Waals surface area contributed by atoms with Crippen LogP contribution in [0, 0.1) is 0 Å². The lowest BCUT2D eigenvalue weighted by molar-refractivity contribution is -0.129. The first-order valence-corrected chi connectivity index (χ1v) is 10.2. The molecule has 0 saturated carbocycles. The number of carbonyl (C=O) groups excluding carboxylic acids is 1. The Morgan fingerprint density at radius 3 is 2.29 bits per heavy atom. The van der Waals surface area contributed by atoms with Crippen molar-refractivity contribution in [3.63, 3.8) is 0 Å². The van der Waals surface area contributed by atoms with Gasteiger partial charge in [0.1, 0.15) is 6.04 Å². The van der Waals surface area contributed by atoms with Crippen molar-refractivity contribution in [1.29, 1.82) is 0 Å². The highest BCUT2D eigenvalue weighted by Crippen LogP contribution is 2.11.